The van der Waals surface area contributed by atoms with Gasteiger partial charge in [-0.25, -0.2) is 0 Å². The number of allylic oxidation sites excluding steroid dienone is 1. The van der Waals surface area contributed by atoms with Crippen molar-refractivity contribution in [3.8, 4) is 5.75 Å². The van der Waals surface area contributed by atoms with E-state index in [2.05, 4.69) is 10.6 Å². The van der Waals surface area contributed by atoms with Crippen molar-refractivity contribution in [3.63, 3.8) is 0 Å². The molecule has 0 spiro atoms. The molecule has 246 valence electrons. The van der Waals surface area contributed by atoms with Crippen LogP contribution in [-0.4, -0.2) is 71.2 Å². The average molecular weight is 692 g/mol. The van der Waals surface area contributed by atoms with E-state index in [1.807, 2.05) is 0 Å². The minimum absolute atomic E-state index is 0. The fourth-order valence-electron chi connectivity index (χ4n) is 5.14. The molecule has 2 N–H and O–H groups in total. The number of methoxy groups -OCH3 is 1. The summed E-state index contributed by atoms with van der Waals surface area (Å²) in [4.78, 5) is 76.7. The average Bonchev–Trinajstić information content (AvgIpc) is 3.10. The molecule has 49 heavy (non-hydrogen) atoms. The van der Waals surface area contributed by atoms with Crippen LogP contribution in [0.5, 0.6) is 5.75 Å². The van der Waals surface area contributed by atoms with Crippen LogP contribution in [0.3, 0.4) is 0 Å². The molecule has 3 aromatic rings. The monoisotopic (exact) mass is 691 g/mol. The molecule has 2 aliphatic rings. The Morgan fingerprint density at radius 2 is 1.63 bits per heavy atom. The predicted octanol–water partition coefficient (Wildman–Crippen LogP) is -0.967. The maximum absolute atomic E-state index is 13.6. The molecule has 0 bridgehead atoms. The Kier molecular flexibility index (Phi) is 12.6. The Morgan fingerprint density at radius 1 is 0.980 bits per heavy atom. The van der Waals surface area contributed by atoms with E-state index >= 15 is 0 Å². The van der Waals surface area contributed by atoms with Crippen molar-refractivity contribution in [2.24, 2.45) is 0 Å². The van der Waals surface area contributed by atoms with E-state index in [4.69, 9.17) is 9.47 Å². The maximum Gasteiger partial charge on any atom is 1.00 e. The third kappa shape index (κ3) is 8.67. The molecule has 0 saturated carbocycles. The van der Waals surface area contributed by atoms with Gasteiger partial charge < -0.3 is 30.0 Å². The molecule has 0 aromatic heterocycles. The van der Waals surface area contributed by atoms with Crippen LogP contribution < -0.4 is 50.0 Å². The number of benzene rings is 3. The number of carboxylic acid groups (broad SMARTS) is 1. The molecule has 2 aliphatic heterocycles. The summed E-state index contributed by atoms with van der Waals surface area (Å²) in [6, 6.07) is 19.3. The molecule has 3 atom stereocenters. The first kappa shape index (κ1) is 37.1. The minimum Gasteiger partial charge on any atom is -0.543 e. The van der Waals surface area contributed by atoms with Crippen molar-refractivity contribution in [1.82, 2.24) is 15.5 Å². The predicted molar refractivity (Wildman–Crippen MR) is 173 cm³/mol. The van der Waals surface area contributed by atoms with Gasteiger partial charge in [0.2, 0.25) is 5.91 Å². The quantitative estimate of drug-likeness (QED) is 0.0793. The molecule has 14 heteroatoms. The number of fused-ring (bicyclic) bond motifs is 1. The van der Waals surface area contributed by atoms with Crippen LogP contribution in [0.2, 0.25) is 0 Å². The van der Waals surface area contributed by atoms with Gasteiger partial charge in [0.05, 0.1) is 18.8 Å². The van der Waals surface area contributed by atoms with Gasteiger partial charge in [-0.05, 0) is 53.6 Å². The van der Waals surface area contributed by atoms with Crippen molar-refractivity contribution in [3.05, 3.63) is 118 Å². The number of β-lactam (4-membered cyclic amide) rings is 1. The molecule has 3 amide bonds. The van der Waals surface area contributed by atoms with Gasteiger partial charge in [0, 0.05) is 29.4 Å². The van der Waals surface area contributed by atoms with Crippen molar-refractivity contribution in [1.29, 1.82) is 0 Å². The number of hydrogen-bond acceptors (Lipinski definition) is 10. The SMILES string of the molecule is COc1ccc(C(=O)C=Cc2ccc(C(=O)NC(C(=O)N[C@@H]3C(=O)N4C(C(=O)[O-])=C(COC(C)=O)CS[C@H]34)c3ccccc3)cc2)cc1.[Na+]. The number of thioether (sulfide) groups is 1. The zero-order valence-electron chi connectivity index (χ0n) is 26.8. The molecule has 3 aromatic carbocycles. The summed E-state index contributed by atoms with van der Waals surface area (Å²) < 4.78 is 10.0. The minimum atomic E-state index is -1.60. The molecule has 2 heterocycles. The number of ketones is 1. The van der Waals surface area contributed by atoms with Crippen molar-refractivity contribution >= 4 is 53.3 Å². The van der Waals surface area contributed by atoms with Crippen LogP contribution in [-0.2, 0) is 23.9 Å². The van der Waals surface area contributed by atoms with Crippen LogP contribution in [0.4, 0.5) is 0 Å². The van der Waals surface area contributed by atoms with Gasteiger partial charge in [-0.15, -0.1) is 11.8 Å². The number of amides is 3. The van der Waals surface area contributed by atoms with E-state index in [0.29, 0.717) is 22.4 Å². The number of carbonyl (C=O) groups excluding carboxylic acids is 6. The second kappa shape index (κ2) is 16.6. The Bertz CT molecular complexity index is 1810. The fraction of sp³-hybridized carbons (Fsp3) is 0.200. The number of ether oxygens (including phenoxy) is 2. The van der Waals surface area contributed by atoms with Gasteiger partial charge >= 0.3 is 35.5 Å². The molecular formula is C35H30N3NaO9S. The zero-order valence-corrected chi connectivity index (χ0v) is 29.7. The van der Waals surface area contributed by atoms with Crippen LogP contribution in [0.1, 0.15) is 44.8 Å². The van der Waals surface area contributed by atoms with Crippen LogP contribution in [0.25, 0.3) is 6.08 Å². The van der Waals surface area contributed by atoms with E-state index in [1.54, 1.807) is 92.0 Å². The second-order valence-electron chi connectivity index (χ2n) is 10.8. The van der Waals surface area contributed by atoms with Crippen LogP contribution in [0.15, 0.2) is 96.2 Å². The van der Waals surface area contributed by atoms with Crippen LogP contribution >= 0.6 is 11.8 Å². The first-order chi connectivity index (χ1) is 23.1. The van der Waals surface area contributed by atoms with Crippen molar-refractivity contribution < 1.29 is 72.9 Å². The largest absolute Gasteiger partial charge is 1.00 e. The second-order valence-corrected chi connectivity index (χ2v) is 11.9. The number of aliphatic carboxylic acids is 1. The van der Waals surface area contributed by atoms with Gasteiger partial charge in [0.15, 0.2) is 5.78 Å². The third-order valence-corrected chi connectivity index (χ3v) is 8.97. The molecule has 5 rings (SSSR count). The van der Waals surface area contributed by atoms with E-state index in [0.717, 1.165) is 4.90 Å². The molecular weight excluding hydrogens is 661 g/mol. The molecule has 0 radical (unpaired) electrons. The number of rotatable bonds is 12. The summed E-state index contributed by atoms with van der Waals surface area (Å²) >= 11 is 1.20. The number of nitrogens with zero attached hydrogens (tertiary/aromatic N) is 1. The Balaban J connectivity index is 0.00000541. The summed E-state index contributed by atoms with van der Waals surface area (Å²) in [5.74, 6) is -3.54. The van der Waals surface area contributed by atoms with Gasteiger partial charge in [-0.2, -0.15) is 0 Å². The summed E-state index contributed by atoms with van der Waals surface area (Å²) in [7, 11) is 1.54. The fourth-order valence-corrected chi connectivity index (χ4v) is 6.46. The van der Waals surface area contributed by atoms with E-state index in [9.17, 15) is 33.9 Å². The number of carboxylic acids is 1. The van der Waals surface area contributed by atoms with Gasteiger partial charge in [-0.1, -0.05) is 48.5 Å². The normalized spacial score (nSPS) is 17.2. The summed E-state index contributed by atoms with van der Waals surface area (Å²) in [6.45, 7) is 0.878. The van der Waals surface area contributed by atoms with E-state index in [1.165, 1.54) is 24.8 Å². The van der Waals surface area contributed by atoms with Gasteiger partial charge in [-0.3, -0.25) is 28.9 Å². The molecule has 1 fully saturated rings. The summed E-state index contributed by atoms with van der Waals surface area (Å²) in [6.07, 6.45) is 3.05. The summed E-state index contributed by atoms with van der Waals surface area (Å²) in [5.41, 5.74) is 1.70. The van der Waals surface area contributed by atoms with Gasteiger partial charge in [0.25, 0.3) is 11.8 Å². The maximum atomic E-state index is 13.6. The van der Waals surface area contributed by atoms with E-state index < -0.39 is 47.1 Å². The first-order valence-electron chi connectivity index (χ1n) is 14.7. The molecule has 1 unspecified atom stereocenters. The Hall–Kier alpha value is -4.69. The molecule has 12 nitrogen and oxygen atoms in total. The standard InChI is InChI=1S/C35H31N3O9S.Na/c1-20(39)47-18-25-19-48-34-29(33(43)38(34)30(25)35(44)45)37-32(42)28(23-6-4-3-5-7-23)36-31(41)24-11-8-21(9-12-24)10-17-27(40)22-13-15-26(46-2)16-14-22;/h3-17,28-29,34H,18-19H2,1-2H3,(H,36,41)(H,37,42)(H,44,45);/q;+1/p-1/t28?,29-,34-;/m1./s1. The van der Waals surface area contributed by atoms with E-state index in [-0.39, 0.29) is 64.5 Å². The van der Waals surface area contributed by atoms with Crippen molar-refractivity contribution in [2.75, 3.05) is 19.5 Å². The van der Waals surface area contributed by atoms with Crippen LogP contribution in [0, 0.1) is 0 Å². The molecule has 1 saturated heterocycles. The first-order valence-corrected chi connectivity index (χ1v) is 15.8. The van der Waals surface area contributed by atoms with Crippen molar-refractivity contribution in [2.45, 2.75) is 24.4 Å². The summed E-state index contributed by atoms with van der Waals surface area (Å²) in [5, 5.41) is 16.6. The zero-order chi connectivity index (χ0) is 34.4. The smallest absolute Gasteiger partial charge is 0.543 e. The van der Waals surface area contributed by atoms with Gasteiger partial charge in [0.1, 0.15) is 29.8 Å². The Morgan fingerprint density at radius 3 is 2.24 bits per heavy atom. The molecule has 0 aliphatic carbocycles. The number of nitrogens with one attached hydrogen (secondary N) is 2. The number of esters is 1. The Labute approximate surface area is 308 Å². The third-order valence-electron chi connectivity index (χ3n) is 7.63. The number of hydrogen-bond donors (Lipinski definition) is 2. The number of carbonyl (C=O) groups is 6. The topological polar surface area (TPSA) is 171 Å².